The molecule has 1 amide bonds. The van der Waals surface area contributed by atoms with Gasteiger partial charge in [-0.3, -0.25) is 4.79 Å². The summed E-state index contributed by atoms with van der Waals surface area (Å²) in [6.07, 6.45) is 0. The predicted molar refractivity (Wildman–Crippen MR) is 79.9 cm³/mol. The number of hydrogen-bond donors (Lipinski definition) is 1. The van der Waals surface area contributed by atoms with Gasteiger partial charge in [0.05, 0.1) is 5.56 Å². The first-order valence-electron chi connectivity index (χ1n) is 6.59. The molecular formula is C16H12ClF2NO3. The Morgan fingerprint density at radius 3 is 2.61 bits per heavy atom. The van der Waals surface area contributed by atoms with Gasteiger partial charge in [0.2, 0.25) is 0 Å². The van der Waals surface area contributed by atoms with Gasteiger partial charge in [-0.1, -0.05) is 23.7 Å². The molecule has 0 bridgehead atoms. The molecule has 0 saturated heterocycles. The maximum Gasteiger partial charge on any atom is 0.341 e. The van der Waals surface area contributed by atoms with Crippen molar-refractivity contribution in [3.63, 3.8) is 0 Å². The first-order valence-corrected chi connectivity index (χ1v) is 6.97. The van der Waals surface area contributed by atoms with Crippen LogP contribution in [0.15, 0.2) is 42.5 Å². The Morgan fingerprint density at radius 1 is 1.13 bits per heavy atom. The van der Waals surface area contributed by atoms with Crippen LogP contribution in [0.4, 0.5) is 8.78 Å². The zero-order valence-corrected chi connectivity index (χ0v) is 12.6. The van der Waals surface area contributed by atoms with Crippen LogP contribution in [-0.4, -0.2) is 18.5 Å². The van der Waals surface area contributed by atoms with Gasteiger partial charge >= 0.3 is 5.97 Å². The van der Waals surface area contributed by atoms with Crippen LogP contribution >= 0.6 is 11.6 Å². The molecule has 120 valence electrons. The van der Waals surface area contributed by atoms with Crippen LogP contribution in [-0.2, 0) is 16.1 Å². The van der Waals surface area contributed by atoms with Crippen molar-refractivity contribution in [3.05, 3.63) is 70.2 Å². The molecular weight excluding hydrogens is 328 g/mol. The quantitative estimate of drug-likeness (QED) is 0.852. The van der Waals surface area contributed by atoms with Gasteiger partial charge in [-0.2, -0.15) is 0 Å². The third-order valence-electron chi connectivity index (χ3n) is 2.86. The van der Waals surface area contributed by atoms with Gasteiger partial charge in [-0.15, -0.1) is 0 Å². The van der Waals surface area contributed by atoms with Gasteiger partial charge in [0.25, 0.3) is 5.91 Å². The molecule has 23 heavy (non-hydrogen) atoms. The van der Waals surface area contributed by atoms with Crippen molar-refractivity contribution >= 4 is 23.5 Å². The van der Waals surface area contributed by atoms with Gasteiger partial charge in [0.15, 0.2) is 6.61 Å². The lowest BCUT2D eigenvalue weighted by molar-refractivity contribution is -0.124. The minimum Gasteiger partial charge on any atom is -0.452 e. The SMILES string of the molecule is O=C(COC(=O)c1ccc(F)cc1F)NCc1cccc(Cl)c1. The summed E-state index contributed by atoms with van der Waals surface area (Å²) < 4.78 is 30.8. The minimum absolute atomic E-state index is 0.210. The summed E-state index contributed by atoms with van der Waals surface area (Å²) in [5.74, 6) is -3.45. The highest BCUT2D eigenvalue weighted by Gasteiger charge is 2.15. The van der Waals surface area contributed by atoms with Gasteiger partial charge in [0.1, 0.15) is 11.6 Å². The topological polar surface area (TPSA) is 55.4 Å². The number of ether oxygens (including phenoxy) is 1. The molecule has 2 aromatic carbocycles. The van der Waals surface area contributed by atoms with Crippen molar-refractivity contribution in [2.75, 3.05) is 6.61 Å². The van der Waals surface area contributed by atoms with Crippen LogP contribution in [0.1, 0.15) is 15.9 Å². The largest absolute Gasteiger partial charge is 0.452 e. The zero-order valence-electron chi connectivity index (χ0n) is 11.8. The molecule has 0 aliphatic heterocycles. The average Bonchev–Trinajstić information content (AvgIpc) is 2.50. The van der Waals surface area contributed by atoms with E-state index >= 15 is 0 Å². The second-order valence-corrected chi connectivity index (χ2v) is 5.04. The standard InChI is InChI=1S/C16H12ClF2NO3/c17-11-3-1-2-10(6-11)8-20-15(21)9-23-16(22)13-5-4-12(18)7-14(13)19/h1-7H,8-9H2,(H,20,21). The molecule has 2 rings (SSSR count). The van der Waals surface area contributed by atoms with Crippen molar-refractivity contribution in [2.45, 2.75) is 6.54 Å². The number of nitrogens with one attached hydrogen (secondary N) is 1. The molecule has 0 spiro atoms. The van der Waals surface area contributed by atoms with E-state index in [0.29, 0.717) is 11.1 Å². The molecule has 0 atom stereocenters. The predicted octanol–water partition coefficient (Wildman–Crippen LogP) is 3.09. The fourth-order valence-corrected chi connectivity index (χ4v) is 1.98. The number of amides is 1. The summed E-state index contributed by atoms with van der Waals surface area (Å²) in [6, 6.07) is 9.34. The van der Waals surface area contributed by atoms with Crippen molar-refractivity contribution < 1.29 is 23.1 Å². The van der Waals surface area contributed by atoms with Gasteiger partial charge in [-0.25, -0.2) is 13.6 Å². The lowest BCUT2D eigenvalue weighted by Gasteiger charge is -2.07. The van der Waals surface area contributed by atoms with E-state index in [2.05, 4.69) is 10.1 Å². The molecule has 4 nitrogen and oxygen atoms in total. The second kappa shape index (κ2) is 7.69. The Balaban J connectivity index is 1.83. The molecule has 0 aliphatic carbocycles. The van der Waals surface area contributed by atoms with Crippen molar-refractivity contribution in [2.24, 2.45) is 0 Å². The smallest absolute Gasteiger partial charge is 0.341 e. The van der Waals surface area contributed by atoms with E-state index in [0.717, 1.165) is 17.7 Å². The Labute approximate surface area is 136 Å². The number of benzene rings is 2. The van der Waals surface area contributed by atoms with Crippen molar-refractivity contribution in [1.29, 1.82) is 0 Å². The van der Waals surface area contributed by atoms with Crippen LogP contribution < -0.4 is 5.32 Å². The average molecular weight is 340 g/mol. The molecule has 1 N–H and O–H groups in total. The van der Waals surface area contributed by atoms with E-state index in [9.17, 15) is 18.4 Å². The zero-order chi connectivity index (χ0) is 16.8. The monoisotopic (exact) mass is 339 g/mol. The van der Waals surface area contributed by atoms with Gasteiger partial charge < -0.3 is 10.1 Å². The van der Waals surface area contributed by atoms with Crippen molar-refractivity contribution in [3.8, 4) is 0 Å². The molecule has 0 saturated carbocycles. The number of esters is 1. The Bertz CT molecular complexity index is 737. The molecule has 0 radical (unpaired) electrons. The second-order valence-electron chi connectivity index (χ2n) is 4.61. The molecule has 7 heteroatoms. The van der Waals surface area contributed by atoms with Gasteiger partial charge in [-0.05, 0) is 29.8 Å². The fraction of sp³-hybridized carbons (Fsp3) is 0.125. The Morgan fingerprint density at radius 2 is 1.91 bits per heavy atom. The van der Waals surface area contributed by atoms with Crippen molar-refractivity contribution in [1.82, 2.24) is 5.32 Å². The van der Waals surface area contributed by atoms with E-state index in [1.165, 1.54) is 0 Å². The van der Waals surface area contributed by atoms with Crippen LogP contribution in [0.25, 0.3) is 0 Å². The molecule has 0 aliphatic rings. The summed E-state index contributed by atoms with van der Waals surface area (Å²) in [5, 5.41) is 3.07. The van der Waals surface area contributed by atoms with Crippen LogP contribution in [0.5, 0.6) is 0 Å². The minimum atomic E-state index is -1.05. The summed E-state index contributed by atoms with van der Waals surface area (Å²) in [6.45, 7) is -0.363. The first-order chi connectivity index (χ1) is 11.0. The molecule has 0 fully saturated rings. The number of carbonyl (C=O) groups is 2. The van der Waals surface area contributed by atoms with E-state index in [4.69, 9.17) is 11.6 Å². The highest BCUT2D eigenvalue weighted by Crippen LogP contribution is 2.11. The van der Waals surface area contributed by atoms with E-state index in [1.54, 1.807) is 24.3 Å². The molecule has 0 heterocycles. The third kappa shape index (κ3) is 5.03. The maximum atomic E-state index is 13.4. The number of halogens is 3. The summed E-state index contributed by atoms with van der Waals surface area (Å²) >= 11 is 5.81. The van der Waals surface area contributed by atoms with E-state index in [1.807, 2.05) is 0 Å². The van der Waals surface area contributed by atoms with Gasteiger partial charge in [0, 0.05) is 17.6 Å². The van der Waals surface area contributed by atoms with E-state index < -0.39 is 35.7 Å². The highest BCUT2D eigenvalue weighted by molar-refractivity contribution is 6.30. The molecule has 2 aromatic rings. The normalized spacial score (nSPS) is 10.2. The van der Waals surface area contributed by atoms with Crippen LogP contribution in [0.3, 0.4) is 0 Å². The fourth-order valence-electron chi connectivity index (χ4n) is 1.76. The molecule has 0 unspecified atom stereocenters. The number of hydrogen-bond acceptors (Lipinski definition) is 3. The van der Waals surface area contributed by atoms with E-state index in [-0.39, 0.29) is 6.54 Å². The molecule has 0 aromatic heterocycles. The number of carbonyl (C=O) groups excluding carboxylic acids is 2. The van der Waals surface area contributed by atoms with Crippen LogP contribution in [0.2, 0.25) is 5.02 Å². The third-order valence-corrected chi connectivity index (χ3v) is 3.10. The lowest BCUT2D eigenvalue weighted by Crippen LogP contribution is -2.28. The lowest BCUT2D eigenvalue weighted by atomic mass is 10.2. The Hall–Kier alpha value is -2.47. The summed E-state index contributed by atoms with van der Waals surface area (Å²) in [5.41, 5.74) is 0.343. The maximum absolute atomic E-state index is 13.4. The van der Waals surface area contributed by atoms with Crippen LogP contribution in [0, 0.1) is 11.6 Å². The first kappa shape index (κ1) is 16.9. The summed E-state index contributed by atoms with van der Waals surface area (Å²) in [4.78, 5) is 23.2. The highest BCUT2D eigenvalue weighted by atomic mass is 35.5. The Kier molecular flexibility index (Phi) is 5.65. The summed E-state index contributed by atoms with van der Waals surface area (Å²) in [7, 11) is 0. The number of rotatable bonds is 5.